The number of halogens is 2. The molecule has 0 bridgehead atoms. The molecule has 0 spiro atoms. The summed E-state index contributed by atoms with van der Waals surface area (Å²) in [7, 11) is 0. The van der Waals surface area contributed by atoms with E-state index in [1.165, 1.54) is 22.6 Å². The van der Waals surface area contributed by atoms with Crippen LogP contribution >= 0.6 is 33.9 Å². The predicted molar refractivity (Wildman–Crippen MR) is 80.2 cm³/mol. The molecule has 2 rings (SSSR count). The Hall–Kier alpha value is -0.620. The first-order chi connectivity index (χ1) is 8.08. The Morgan fingerprint density at radius 3 is 2.71 bits per heavy atom. The fraction of sp³-hybridized carbons (Fsp3) is 0.231. The number of nitrogens with one attached hydrogen (secondary N) is 1. The van der Waals surface area contributed by atoms with Gasteiger partial charge in [0, 0.05) is 14.1 Å². The van der Waals surface area contributed by atoms with Crippen molar-refractivity contribution in [3.63, 3.8) is 0 Å². The highest BCUT2D eigenvalue weighted by Gasteiger charge is 2.11. The van der Waals surface area contributed by atoms with Crippen molar-refractivity contribution in [3.8, 4) is 0 Å². The molecule has 4 heteroatoms. The summed E-state index contributed by atoms with van der Waals surface area (Å²) in [5, 5.41) is 5.51. The summed E-state index contributed by atoms with van der Waals surface area (Å²) < 4.78 is 13.9. The van der Waals surface area contributed by atoms with Crippen molar-refractivity contribution < 1.29 is 4.39 Å². The Kier molecular flexibility index (Phi) is 4.04. The standard InChI is InChI=1S/C13H13FINS/c1-8-5-6-17-13(8)9(2)16-12-4-3-10(14)7-11(12)15/h3-7,9,16H,1-2H3. The summed E-state index contributed by atoms with van der Waals surface area (Å²) in [6.45, 7) is 4.23. The highest BCUT2D eigenvalue weighted by molar-refractivity contribution is 14.1. The third-order valence-corrected chi connectivity index (χ3v) is 4.69. The zero-order valence-corrected chi connectivity index (χ0v) is 12.6. The lowest BCUT2D eigenvalue weighted by molar-refractivity contribution is 0.627. The molecule has 2 aromatic rings. The summed E-state index contributed by atoms with van der Waals surface area (Å²) in [6, 6.07) is 7.17. The molecule has 0 aliphatic heterocycles. The van der Waals surface area contributed by atoms with Crippen molar-refractivity contribution in [2.75, 3.05) is 5.32 Å². The van der Waals surface area contributed by atoms with Crippen LogP contribution in [0, 0.1) is 16.3 Å². The van der Waals surface area contributed by atoms with Gasteiger partial charge in [-0.25, -0.2) is 4.39 Å². The predicted octanol–water partition coefficient (Wildman–Crippen LogP) is 4.97. The van der Waals surface area contributed by atoms with Crippen LogP contribution in [-0.2, 0) is 0 Å². The van der Waals surface area contributed by atoms with Gasteiger partial charge >= 0.3 is 0 Å². The van der Waals surface area contributed by atoms with E-state index in [0.717, 1.165) is 9.26 Å². The maximum atomic E-state index is 13.0. The van der Waals surface area contributed by atoms with E-state index in [1.54, 1.807) is 17.4 Å². The lowest BCUT2D eigenvalue weighted by Gasteiger charge is -2.16. The van der Waals surface area contributed by atoms with E-state index < -0.39 is 0 Å². The first kappa shape index (κ1) is 12.8. The van der Waals surface area contributed by atoms with Gasteiger partial charge in [-0.1, -0.05) is 0 Å². The van der Waals surface area contributed by atoms with Crippen molar-refractivity contribution in [1.82, 2.24) is 0 Å². The summed E-state index contributed by atoms with van der Waals surface area (Å²) in [5.74, 6) is -0.195. The molecule has 0 amide bonds. The van der Waals surface area contributed by atoms with E-state index in [1.807, 2.05) is 0 Å². The van der Waals surface area contributed by atoms with E-state index in [0.29, 0.717) is 0 Å². The Bertz CT molecular complexity index is 524. The first-order valence-corrected chi connectivity index (χ1v) is 7.29. The third-order valence-electron chi connectivity index (χ3n) is 2.60. The highest BCUT2D eigenvalue weighted by Crippen LogP contribution is 2.28. The summed E-state index contributed by atoms with van der Waals surface area (Å²) in [6.07, 6.45) is 0. The van der Waals surface area contributed by atoms with Gasteiger partial charge in [-0.3, -0.25) is 0 Å². The molecule has 1 nitrogen and oxygen atoms in total. The molecule has 0 aliphatic carbocycles. The number of hydrogen-bond acceptors (Lipinski definition) is 2. The normalized spacial score (nSPS) is 12.5. The lowest BCUT2D eigenvalue weighted by atomic mass is 10.2. The highest BCUT2D eigenvalue weighted by atomic mass is 127. The quantitative estimate of drug-likeness (QED) is 0.761. The zero-order valence-electron chi connectivity index (χ0n) is 9.63. The summed E-state index contributed by atoms with van der Waals surface area (Å²) in [4.78, 5) is 1.32. The second-order valence-electron chi connectivity index (χ2n) is 3.96. The topological polar surface area (TPSA) is 12.0 Å². The summed E-state index contributed by atoms with van der Waals surface area (Å²) >= 11 is 3.89. The van der Waals surface area contributed by atoms with E-state index >= 15 is 0 Å². The monoisotopic (exact) mass is 361 g/mol. The zero-order chi connectivity index (χ0) is 12.4. The second-order valence-corrected chi connectivity index (χ2v) is 6.07. The van der Waals surface area contributed by atoms with Crippen LogP contribution in [0.1, 0.15) is 23.4 Å². The van der Waals surface area contributed by atoms with E-state index in [4.69, 9.17) is 0 Å². The minimum Gasteiger partial charge on any atom is -0.377 e. The molecule has 0 radical (unpaired) electrons. The molecule has 1 heterocycles. The molecule has 0 saturated heterocycles. The molecule has 1 N–H and O–H groups in total. The van der Waals surface area contributed by atoms with Gasteiger partial charge in [0.1, 0.15) is 5.82 Å². The van der Waals surface area contributed by atoms with Crippen LogP contribution in [-0.4, -0.2) is 0 Å². The average molecular weight is 361 g/mol. The van der Waals surface area contributed by atoms with Crippen LogP contribution in [0.2, 0.25) is 0 Å². The van der Waals surface area contributed by atoms with Crippen molar-refractivity contribution in [3.05, 3.63) is 49.5 Å². The van der Waals surface area contributed by atoms with Crippen molar-refractivity contribution in [2.24, 2.45) is 0 Å². The van der Waals surface area contributed by atoms with Crippen LogP contribution in [0.25, 0.3) is 0 Å². The molecule has 17 heavy (non-hydrogen) atoms. The Balaban J connectivity index is 2.19. The van der Waals surface area contributed by atoms with Gasteiger partial charge in [0.25, 0.3) is 0 Å². The molecular formula is C13H13FINS. The van der Waals surface area contributed by atoms with Crippen molar-refractivity contribution in [2.45, 2.75) is 19.9 Å². The smallest absolute Gasteiger partial charge is 0.124 e. The number of hydrogen-bond donors (Lipinski definition) is 1. The molecular weight excluding hydrogens is 348 g/mol. The molecule has 1 unspecified atom stereocenters. The van der Waals surface area contributed by atoms with E-state index in [2.05, 4.69) is 53.2 Å². The largest absolute Gasteiger partial charge is 0.377 e. The molecule has 0 aliphatic rings. The van der Waals surface area contributed by atoms with E-state index in [9.17, 15) is 4.39 Å². The Labute approximate surface area is 118 Å². The number of thiophene rings is 1. The molecule has 1 aromatic carbocycles. The third kappa shape index (κ3) is 2.98. The van der Waals surface area contributed by atoms with Gasteiger partial charge in [0.15, 0.2) is 0 Å². The number of aryl methyl sites for hydroxylation is 1. The van der Waals surface area contributed by atoms with Crippen molar-refractivity contribution >= 4 is 39.6 Å². The van der Waals surface area contributed by atoms with Crippen LogP contribution in [0.3, 0.4) is 0 Å². The SMILES string of the molecule is Cc1ccsc1C(C)Nc1ccc(F)cc1I. The summed E-state index contributed by atoms with van der Waals surface area (Å²) in [5.41, 5.74) is 2.28. The lowest BCUT2D eigenvalue weighted by Crippen LogP contribution is -2.07. The minimum absolute atomic E-state index is 0.195. The average Bonchev–Trinajstić information content (AvgIpc) is 2.68. The van der Waals surface area contributed by atoms with Crippen molar-refractivity contribution in [1.29, 1.82) is 0 Å². The van der Waals surface area contributed by atoms with Crippen LogP contribution in [0.4, 0.5) is 10.1 Å². The Morgan fingerprint density at radius 1 is 1.35 bits per heavy atom. The first-order valence-electron chi connectivity index (χ1n) is 5.33. The minimum atomic E-state index is -0.195. The van der Waals surface area contributed by atoms with Crippen LogP contribution in [0.5, 0.6) is 0 Å². The van der Waals surface area contributed by atoms with Gasteiger partial charge in [0.05, 0.1) is 6.04 Å². The molecule has 0 fully saturated rings. The second kappa shape index (κ2) is 5.35. The van der Waals surface area contributed by atoms with Gasteiger partial charge in [-0.15, -0.1) is 11.3 Å². The number of anilines is 1. The van der Waals surface area contributed by atoms with Gasteiger partial charge < -0.3 is 5.32 Å². The number of rotatable bonds is 3. The molecule has 1 atom stereocenters. The fourth-order valence-electron chi connectivity index (χ4n) is 1.73. The van der Waals surface area contributed by atoms with Gasteiger partial charge in [0.2, 0.25) is 0 Å². The van der Waals surface area contributed by atoms with E-state index in [-0.39, 0.29) is 11.9 Å². The fourth-order valence-corrected chi connectivity index (χ4v) is 3.30. The molecule has 90 valence electrons. The van der Waals surface area contributed by atoms with Gasteiger partial charge in [-0.05, 0) is 71.6 Å². The maximum Gasteiger partial charge on any atom is 0.124 e. The Morgan fingerprint density at radius 2 is 2.12 bits per heavy atom. The molecule has 1 aromatic heterocycles. The van der Waals surface area contributed by atoms with Crippen LogP contribution < -0.4 is 5.32 Å². The van der Waals surface area contributed by atoms with Gasteiger partial charge in [-0.2, -0.15) is 0 Å². The number of benzene rings is 1. The molecule has 0 saturated carbocycles. The van der Waals surface area contributed by atoms with Crippen LogP contribution in [0.15, 0.2) is 29.6 Å². The maximum absolute atomic E-state index is 13.0.